The van der Waals surface area contributed by atoms with E-state index < -0.39 is 76.3 Å². The molecule has 1 atom stereocenters. The Labute approximate surface area is 651 Å². The van der Waals surface area contributed by atoms with E-state index in [0.717, 1.165) is 6.42 Å². The number of ether oxygens (including phenoxy) is 5. The largest absolute Gasteiger partial charge is 0.506 e. The number of hydrogen-bond donors (Lipinski definition) is 14. The maximum absolute atomic E-state index is 14.7. The van der Waals surface area contributed by atoms with Crippen molar-refractivity contribution in [3.8, 4) is 23.0 Å². The number of phenolic OH excluding ortho intramolecular Hbond substituents is 4. The summed E-state index contributed by atoms with van der Waals surface area (Å²) in [7, 11) is 1.58. The Balaban J connectivity index is 1.15. The van der Waals surface area contributed by atoms with Crippen LogP contribution in [0.1, 0.15) is 115 Å². The van der Waals surface area contributed by atoms with Crippen LogP contribution < -0.4 is 53.2 Å². The fraction of sp³-hybridized carbons (Fsp3) is 0.474. The number of unbranched alkanes of at least 4 members (excludes halogenated alkanes) is 1. The maximum Gasteiger partial charge on any atom is 0.255 e. The van der Waals surface area contributed by atoms with Crippen LogP contribution in [0, 0.1) is 0 Å². The highest BCUT2D eigenvalue weighted by Crippen LogP contribution is 2.27. The number of hydrogen-bond acceptors (Lipinski definition) is 24. The Morgan fingerprint density at radius 3 is 1.14 bits per heavy atom. The number of para-hydroxylation sites is 4. The molecule has 0 aliphatic carbocycles. The molecule has 5 aromatic carbocycles. The predicted octanol–water partition coefficient (Wildman–Crippen LogP) is 3.07. The van der Waals surface area contributed by atoms with Gasteiger partial charge in [0.2, 0.25) is 0 Å². The first-order chi connectivity index (χ1) is 53.4. The molecule has 7 rings (SSSR count). The molecule has 0 aromatic heterocycles. The van der Waals surface area contributed by atoms with Crippen molar-refractivity contribution in [1.82, 2.24) is 67.5 Å². The number of amides is 8. The average Bonchev–Trinajstić information content (AvgIpc) is 0.846. The van der Waals surface area contributed by atoms with Crippen LogP contribution in [0.15, 0.2) is 102 Å². The van der Waals surface area contributed by atoms with Crippen LogP contribution in [-0.2, 0) is 23.7 Å². The number of aliphatic imine (C=N–C) groups is 1. The van der Waals surface area contributed by atoms with E-state index in [1.165, 1.54) is 72.8 Å². The molecule has 8 bridgehead atoms. The molecule has 0 saturated heterocycles. The minimum absolute atomic E-state index is 0.0363. The molecule has 14 N–H and O–H groups in total. The normalized spacial score (nSPS) is 16.7. The molecule has 1 unspecified atom stereocenters. The SMILES string of the molecule is CCCOCCOCCN1CCNC(=O)c2cccc(c2O)C(=O)NCCN(CCN2CCNC(=O)c3cccc(c3O)C(=O)NCCN(CCOCCOCCOC)CCNC(=O)c3cccc(c3O)C(=O)NC(CCCCNC(=S)Nc3ccc(N=C=S)cc3)C2)CCNC(=O)c2cccc(c2O)C(=O)NCC1. The minimum atomic E-state index is -0.705. The number of nitrogens with zero attached hydrogens (tertiary/aromatic N) is 5. The van der Waals surface area contributed by atoms with E-state index in [9.17, 15) is 58.8 Å². The van der Waals surface area contributed by atoms with Crippen LogP contribution in [0.5, 0.6) is 23.0 Å². The van der Waals surface area contributed by atoms with E-state index in [4.69, 9.17) is 48.1 Å². The number of phenols is 4. The lowest BCUT2D eigenvalue weighted by Gasteiger charge is -2.31. The number of nitrogens with one attached hydrogen (secondary N) is 10. The summed E-state index contributed by atoms with van der Waals surface area (Å²) in [6.45, 7) is 8.77. The van der Waals surface area contributed by atoms with Gasteiger partial charge < -0.3 is 97.3 Å². The smallest absolute Gasteiger partial charge is 0.255 e. The summed E-state index contributed by atoms with van der Waals surface area (Å²) in [5, 5.41) is 78.3. The van der Waals surface area contributed by atoms with Crippen molar-refractivity contribution in [3.05, 3.63) is 142 Å². The van der Waals surface area contributed by atoms with Gasteiger partial charge in [0.15, 0.2) is 5.11 Å². The minimum Gasteiger partial charge on any atom is -0.506 e. The van der Waals surface area contributed by atoms with E-state index in [-0.39, 0.29) is 162 Å². The quantitative estimate of drug-likeness (QED) is 0.0204. The molecule has 34 heteroatoms. The molecule has 8 amide bonds. The van der Waals surface area contributed by atoms with Gasteiger partial charge in [-0.05, 0) is 123 Å². The van der Waals surface area contributed by atoms with Crippen LogP contribution in [0.25, 0.3) is 0 Å². The lowest BCUT2D eigenvalue weighted by atomic mass is 10.0. The number of anilines is 1. The molecule has 2 aliphatic rings. The van der Waals surface area contributed by atoms with E-state index in [1.807, 2.05) is 26.5 Å². The molecule has 0 saturated carbocycles. The van der Waals surface area contributed by atoms with Crippen molar-refractivity contribution < 1.29 is 82.5 Å². The zero-order valence-electron chi connectivity index (χ0n) is 62.3. The molecular formula is C76H103N15O17S2. The average molecular weight is 1560 g/mol. The molecule has 5 aromatic rings. The Morgan fingerprint density at radius 1 is 0.445 bits per heavy atom. The van der Waals surface area contributed by atoms with Crippen LogP contribution >= 0.6 is 24.4 Å². The van der Waals surface area contributed by atoms with Crippen molar-refractivity contribution in [2.75, 3.05) is 203 Å². The molecular weight excluding hydrogens is 1460 g/mol. The summed E-state index contributed by atoms with van der Waals surface area (Å²) in [6, 6.07) is 23.4. The second-order valence-electron chi connectivity index (χ2n) is 25.7. The van der Waals surface area contributed by atoms with Gasteiger partial charge in [-0.15, -0.1) is 0 Å². The first-order valence-corrected chi connectivity index (χ1v) is 37.7. The third-order valence-electron chi connectivity index (χ3n) is 17.8. The highest BCUT2D eigenvalue weighted by atomic mass is 32.1. The lowest BCUT2D eigenvalue weighted by molar-refractivity contribution is 0.0196. The number of benzene rings is 5. The predicted molar refractivity (Wildman–Crippen MR) is 420 cm³/mol. The second kappa shape index (κ2) is 48.7. The van der Waals surface area contributed by atoms with Gasteiger partial charge >= 0.3 is 0 Å². The maximum atomic E-state index is 14.7. The Bertz CT molecular complexity index is 3800. The molecule has 0 radical (unpaired) electrons. The van der Waals surface area contributed by atoms with Gasteiger partial charge in [-0.3, -0.25) is 58.0 Å². The topological polar surface area (TPSA) is 409 Å². The van der Waals surface area contributed by atoms with E-state index in [1.54, 1.807) is 31.4 Å². The van der Waals surface area contributed by atoms with Crippen molar-refractivity contribution in [2.24, 2.45) is 4.99 Å². The zero-order chi connectivity index (χ0) is 78.8. The van der Waals surface area contributed by atoms with E-state index in [2.05, 4.69) is 63.3 Å². The third-order valence-corrected chi connectivity index (χ3v) is 18.2. The highest BCUT2D eigenvalue weighted by Gasteiger charge is 2.27. The summed E-state index contributed by atoms with van der Waals surface area (Å²) in [6.07, 6.45) is 2.25. The fourth-order valence-electron chi connectivity index (χ4n) is 11.8. The summed E-state index contributed by atoms with van der Waals surface area (Å²) in [5.41, 5.74) is 0.00415. The summed E-state index contributed by atoms with van der Waals surface area (Å²) < 4.78 is 27.6. The number of methoxy groups -OCH3 is 1. The number of rotatable bonds is 27. The molecule has 0 fully saturated rings. The van der Waals surface area contributed by atoms with Gasteiger partial charge in [-0.25, -0.2) is 0 Å². The van der Waals surface area contributed by atoms with Gasteiger partial charge in [-0.2, -0.15) is 4.99 Å². The fourth-order valence-corrected chi connectivity index (χ4v) is 12.2. The van der Waals surface area contributed by atoms with E-state index in [0.29, 0.717) is 108 Å². The number of thiocarbonyl (C=S) groups is 2. The summed E-state index contributed by atoms with van der Waals surface area (Å²) >= 11 is 10.3. The van der Waals surface area contributed by atoms with Crippen molar-refractivity contribution >= 4 is 93.3 Å². The van der Waals surface area contributed by atoms with Crippen LogP contribution in [-0.4, -0.2) is 301 Å². The van der Waals surface area contributed by atoms with Crippen LogP contribution in [0.2, 0.25) is 0 Å². The third kappa shape index (κ3) is 29.5. The van der Waals surface area contributed by atoms with Gasteiger partial charge in [0, 0.05) is 156 Å². The molecule has 596 valence electrons. The van der Waals surface area contributed by atoms with E-state index >= 15 is 0 Å². The summed E-state index contributed by atoms with van der Waals surface area (Å²) in [4.78, 5) is 124. The Hall–Kier alpha value is -9.81. The molecule has 0 spiro atoms. The standard InChI is InChI=1S/C76H103N15O17S2/c1-3-42-105-47-48-106-43-40-89-33-26-79-70(98)58-13-6-11-56(64(58)92)68(96)77-24-31-88(32-25-78-69(97)57-12-7-14-59(65(57)93)71(99)80-27-34-89)38-39-91-37-30-83-73(101)61-16-8-15-60(66(61)94)72(100)81-28-35-90(41-44-107-49-50-108-46-45-104-2)36-29-82-74(102)62-17-9-18-63(67(62)95)75(103)86-55(51-91)10-4-5-23-84-76(110)87-54-21-19-53(20-22-54)85-52-109/h6-9,11-22,55,92-95H,3-5,10,23-51H2,1-2H3,(H,77,96)(H,78,97)(H,79,98)(H,80,99)(H,81,100)(H,82,102)(H,83,101)(H,86,103)(H2,84,87,110). The first-order valence-electron chi connectivity index (χ1n) is 36.9. The monoisotopic (exact) mass is 1560 g/mol. The molecule has 2 heterocycles. The van der Waals surface area contributed by atoms with Crippen molar-refractivity contribution in [1.29, 1.82) is 0 Å². The number of isothiocyanates is 1. The van der Waals surface area contributed by atoms with Crippen molar-refractivity contribution in [3.63, 3.8) is 0 Å². The second-order valence-corrected chi connectivity index (χ2v) is 26.3. The number of aromatic hydroxyl groups is 4. The highest BCUT2D eigenvalue weighted by molar-refractivity contribution is 7.80. The summed E-state index contributed by atoms with van der Waals surface area (Å²) in [5.74, 6) is -7.61. The van der Waals surface area contributed by atoms with Gasteiger partial charge in [-0.1, -0.05) is 31.2 Å². The van der Waals surface area contributed by atoms with Crippen LogP contribution in [0.4, 0.5) is 11.4 Å². The van der Waals surface area contributed by atoms with Crippen molar-refractivity contribution in [2.45, 2.75) is 38.6 Å². The molecule has 110 heavy (non-hydrogen) atoms. The Morgan fingerprint density at radius 2 is 0.773 bits per heavy atom. The zero-order valence-corrected chi connectivity index (χ0v) is 63.9. The first kappa shape index (κ1) is 87.4. The van der Waals surface area contributed by atoms with Gasteiger partial charge in [0.05, 0.1) is 108 Å². The van der Waals surface area contributed by atoms with Gasteiger partial charge in [0.1, 0.15) is 23.0 Å². The Kier molecular flexibility index (Phi) is 38.7. The molecule has 2 aliphatic heterocycles. The number of carbonyl (C=O) groups excluding carboxylic acids is 8. The van der Waals surface area contributed by atoms with Crippen LogP contribution in [0.3, 0.4) is 0 Å². The number of fused-ring (bicyclic) bond motifs is 8. The number of carbonyl (C=O) groups is 8. The molecule has 32 nitrogen and oxygen atoms in total. The van der Waals surface area contributed by atoms with Gasteiger partial charge in [0.25, 0.3) is 47.3 Å². The lowest BCUT2D eigenvalue weighted by Crippen LogP contribution is -2.49.